The fourth-order valence-electron chi connectivity index (χ4n) is 2.02. The average Bonchev–Trinajstić information content (AvgIpc) is 2.57. The molecule has 0 heterocycles. The second kappa shape index (κ2) is 7.51. The Balaban J connectivity index is 1.94. The van der Waals surface area contributed by atoms with Crippen molar-refractivity contribution in [2.75, 3.05) is 6.61 Å². The van der Waals surface area contributed by atoms with Crippen LogP contribution < -0.4 is 10.1 Å². The van der Waals surface area contributed by atoms with E-state index in [0.717, 1.165) is 6.07 Å². The number of hydrogen-bond acceptors (Lipinski definition) is 3. The maximum Gasteiger partial charge on any atom is 0.416 e. The van der Waals surface area contributed by atoms with E-state index < -0.39 is 24.3 Å². The summed E-state index contributed by atoms with van der Waals surface area (Å²) in [6, 6.07) is 13.3. The molecule has 0 saturated heterocycles. The van der Waals surface area contributed by atoms with Crippen LogP contribution in [-0.4, -0.2) is 12.5 Å². The number of carbonyl (C=O) groups excluding carboxylic acids is 1. The zero-order valence-corrected chi connectivity index (χ0v) is 12.4. The van der Waals surface area contributed by atoms with Crippen LogP contribution in [0.15, 0.2) is 48.5 Å². The predicted molar refractivity (Wildman–Crippen MR) is 79.9 cm³/mol. The molecule has 0 spiro atoms. The third-order valence-electron chi connectivity index (χ3n) is 3.17. The fourth-order valence-corrected chi connectivity index (χ4v) is 2.02. The molecule has 1 N–H and O–H groups in total. The van der Waals surface area contributed by atoms with Crippen LogP contribution in [0.5, 0.6) is 5.75 Å². The van der Waals surface area contributed by atoms with Gasteiger partial charge in [0.1, 0.15) is 11.8 Å². The molecule has 0 aliphatic heterocycles. The van der Waals surface area contributed by atoms with Gasteiger partial charge in [0.05, 0.1) is 11.1 Å². The van der Waals surface area contributed by atoms with Gasteiger partial charge in [-0.25, -0.2) is 0 Å². The van der Waals surface area contributed by atoms with E-state index in [1.807, 2.05) is 6.07 Å². The number of nitrogens with one attached hydrogen (secondary N) is 1. The standard InChI is InChI=1S/C17H13F3N2O2/c18-17(19,20)14-7-3-1-6-13(14)10-22-16(23)11-24-15-8-4-2-5-12(15)9-21/h1-8H,10-11H2,(H,22,23). The van der Waals surface area contributed by atoms with Crippen molar-refractivity contribution >= 4 is 5.91 Å². The highest BCUT2D eigenvalue weighted by Crippen LogP contribution is 2.31. The highest BCUT2D eigenvalue weighted by Gasteiger charge is 2.32. The fraction of sp³-hybridized carbons (Fsp3) is 0.176. The molecule has 0 unspecified atom stereocenters. The van der Waals surface area contributed by atoms with E-state index in [1.54, 1.807) is 12.1 Å². The van der Waals surface area contributed by atoms with Gasteiger partial charge in [-0.2, -0.15) is 18.4 Å². The zero-order chi connectivity index (χ0) is 17.6. The minimum absolute atomic E-state index is 0.0317. The summed E-state index contributed by atoms with van der Waals surface area (Å²) in [4.78, 5) is 11.8. The van der Waals surface area contributed by atoms with Crippen molar-refractivity contribution in [3.8, 4) is 11.8 Å². The van der Waals surface area contributed by atoms with E-state index in [4.69, 9.17) is 10.00 Å². The Bertz CT molecular complexity index is 767. The number of benzene rings is 2. The van der Waals surface area contributed by atoms with Gasteiger partial charge in [-0.05, 0) is 23.8 Å². The first-order valence-electron chi connectivity index (χ1n) is 6.95. The number of halogens is 3. The van der Waals surface area contributed by atoms with E-state index in [9.17, 15) is 18.0 Å². The zero-order valence-electron chi connectivity index (χ0n) is 12.4. The lowest BCUT2D eigenvalue weighted by atomic mass is 10.1. The third kappa shape index (κ3) is 4.49. The predicted octanol–water partition coefficient (Wildman–Crippen LogP) is 3.27. The Morgan fingerprint density at radius 3 is 2.50 bits per heavy atom. The normalized spacial score (nSPS) is 10.8. The molecule has 2 aromatic rings. The molecule has 0 atom stereocenters. The second-order valence-electron chi connectivity index (χ2n) is 4.83. The maximum atomic E-state index is 12.9. The number of nitriles is 1. The summed E-state index contributed by atoms with van der Waals surface area (Å²) in [5.41, 5.74) is -0.551. The smallest absolute Gasteiger partial charge is 0.416 e. The average molecular weight is 334 g/mol. The Labute approximate surface area is 136 Å². The summed E-state index contributed by atoms with van der Waals surface area (Å²) in [6.45, 7) is -0.662. The molecule has 124 valence electrons. The molecule has 0 bridgehead atoms. The Kier molecular flexibility index (Phi) is 5.42. The van der Waals surface area contributed by atoms with Crippen molar-refractivity contribution in [1.29, 1.82) is 5.26 Å². The molecule has 0 saturated carbocycles. The Morgan fingerprint density at radius 1 is 1.12 bits per heavy atom. The molecule has 2 aromatic carbocycles. The molecule has 0 aliphatic rings. The topological polar surface area (TPSA) is 62.1 Å². The molecule has 7 heteroatoms. The van der Waals surface area contributed by atoms with Crippen LogP contribution in [0.4, 0.5) is 13.2 Å². The van der Waals surface area contributed by atoms with Crippen molar-refractivity contribution < 1.29 is 22.7 Å². The van der Waals surface area contributed by atoms with Gasteiger partial charge in [0.25, 0.3) is 5.91 Å². The third-order valence-corrected chi connectivity index (χ3v) is 3.17. The summed E-state index contributed by atoms with van der Waals surface area (Å²) in [7, 11) is 0. The minimum atomic E-state index is -4.48. The van der Waals surface area contributed by atoms with Crippen molar-refractivity contribution in [2.45, 2.75) is 12.7 Å². The van der Waals surface area contributed by atoms with Gasteiger partial charge in [-0.3, -0.25) is 4.79 Å². The van der Waals surface area contributed by atoms with E-state index in [-0.39, 0.29) is 23.4 Å². The monoisotopic (exact) mass is 334 g/mol. The van der Waals surface area contributed by atoms with E-state index in [1.165, 1.54) is 30.3 Å². The first-order chi connectivity index (χ1) is 11.4. The van der Waals surface area contributed by atoms with Gasteiger partial charge >= 0.3 is 6.18 Å². The van der Waals surface area contributed by atoms with Crippen LogP contribution in [0.1, 0.15) is 16.7 Å². The van der Waals surface area contributed by atoms with Crippen LogP contribution in [-0.2, 0) is 17.5 Å². The molecule has 0 aliphatic carbocycles. The number of carbonyl (C=O) groups is 1. The molecule has 4 nitrogen and oxygen atoms in total. The Morgan fingerprint density at radius 2 is 1.79 bits per heavy atom. The lowest BCUT2D eigenvalue weighted by Crippen LogP contribution is -2.29. The molecule has 24 heavy (non-hydrogen) atoms. The molecule has 0 radical (unpaired) electrons. The number of rotatable bonds is 5. The molecule has 0 fully saturated rings. The van der Waals surface area contributed by atoms with Crippen molar-refractivity contribution in [1.82, 2.24) is 5.32 Å². The van der Waals surface area contributed by atoms with Crippen LogP contribution in [0.3, 0.4) is 0 Å². The lowest BCUT2D eigenvalue weighted by Gasteiger charge is -2.13. The summed E-state index contributed by atoms with van der Waals surface area (Å²) >= 11 is 0. The van der Waals surface area contributed by atoms with Crippen LogP contribution in [0.2, 0.25) is 0 Å². The van der Waals surface area contributed by atoms with Crippen molar-refractivity contribution in [2.24, 2.45) is 0 Å². The highest BCUT2D eigenvalue weighted by atomic mass is 19.4. The van der Waals surface area contributed by atoms with Gasteiger partial charge in [-0.15, -0.1) is 0 Å². The SMILES string of the molecule is N#Cc1ccccc1OCC(=O)NCc1ccccc1C(F)(F)F. The molecular weight excluding hydrogens is 321 g/mol. The maximum absolute atomic E-state index is 12.9. The van der Waals surface area contributed by atoms with Gasteiger partial charge in [0.15, 0.2) is 6.61 Å². The number of hydrogen-bond donors (Lipinski definition) is 1. The van der Waals surface area contributed by atoms with Crippen molar-refractivity contribution in [3.05, 3.63) is 65.2 Å². The lowest BCUT2D eigenvalue weighted by molar-refractivity contribution is -0.138. The van der Waals surface area contributed by atoms with Crippen LogP contribution >= 0.6 is 0 Å². The van der Waals surface area contributed by atoms with Crippen LogP contribution in [0.25, 0.3) is 0 Å². The number of nitrogens with zero attached hydrogens (tertiary/aromatic N) is 1. The van der Waals surface area contributed by atoms with E-state index in [2.05, 4.69) is 5.32 Å². The van der Waals surface area contributed by atoms with E-state index >= 15 is 0 Å². The van der Waals surface area contributed by atoms with Crippen molar-refractivity contribution in [3.63, 3.8) is 0 Å². The quantitative estimate of drug-likeness (QED) is 0.913. The summed E-state index contributed by atoms with van der Waals surface area (Å²) in [5, 5.41) is 11.3. The van der Waals surface area contributed by atoms with Gasteiger partial charge < -0.3 is 10.1 Å². The largest absolute Gasteiger partial charge is 0.482 e. The highest BCUT2D eigenvalue weighted by molar-refractivity contribution is 5.77. The number of amides is 1. The molecule has 2 rings (SSSR count). The number of para-hydroxylation sites is 1. The van der Waals surface area contributed by atoms with Gasteiger partial charge in [0, 0.05) is 6.54 Å². The summed E-state index contributed by atoms with van der Waals surface area (Å²) < 4.78 is 43.8. The number of alkyl halides is 3. The summed E-state index contributed by atoms with van der Waals surface area (Å²) in [5.74, 6) is -0.342. The second-order valence-corrected chi connectivity index (χ2v) is 4.83. The van der Waals surface area contributed by atoms with Gasteiger partial charge in [-0.1, -0.05) is 30.3 Å². The molecular formula is C17H13F3N2O2. The number of ether oxygens (including phenoxy) is 1. The van der Waals surface area contributed by atoms with Crippen LogP contribution in [0, 0.1) is 11.3 Å². The van der Waals surface area contributed by atoms with E-state index in [0.29, 0.717) is 0 Å². The Hall–Kier alpha value is -3.01. The minimum Gasteiger partial charge on any atom is -0.482 e. The molecule has 0 aromatic heterocycles. The first-order valence-corrected chi connectivity index (χ1v) is 6.95. The summed E-state index contributed by atoms with van der Waals surface area (Å²) in [6.07, 6.45) is -4.48. The molecule has 1 amide bonds. The van der Waals surface area contributed by atoms with Gasteiger partial charge in [0.2, 0.25) is 0 Å². The first kappa shape index (κ1) is 17.3.